The van der Waals surface area contributed by atoms with Crippen molar-refractivity contribution in [3.8, 4) is 11.4 Å². The Hall–Kier alpha value is -2.31. The maximum absolute atomic E-state index is 12.5. The normalized spacial score (nSPS) is 11.5. The minimum absolute atomic E-state index is 0.0449. The number of alkyl halides is 3. The molecule has 0 radical (unpaired) electrons. The van der Waals surface area contributed by atoms with Crippen molar-refractivity contribution in [2.75, 3.05) is 11.5 Å². The molecule has 4 nitrogen and oxygen atoms in total. The van der Waals surface area contributed by atoms with E-state index in [2.05, 4.69) is 9.97 Å². The Balaban J connectivity index is 2.48. The summed E-state index contributed by atoms with van der Waals surface area (Å²) >= 11 is 0. The Labute approximate surface area is 100 Å². The number of benzene rings is 1. The number of halogens is 3. The molecule has 7 heteroatoms. The molecule has 1 heterocycles. The molecule has 0 spiro atoms. The van der Waals surface area contributed by atoms with Gasteiger partial charge in [-0.25, -0.2) is 9.97 Å². The van der Waals surface area contributed by atoms with Gasteiger partial charge in [0.05, 0.1) is 11.4 Å². The predicted molar refractivity (Wildman–Crippen MR) is 61.3 cm³/mol. The third-order valence-corrected chi connectivity index (χ3v) is 2.29. The molecule has 1 aromatic carbocycles. The van der Waals surface area contributed by atoms with Crippen molar-refractivity contribution in [3.05, 3.63) is 36.2 Å². The number of rotatable bonds is 1. The largest absolute Gasteiger partial charge is 0.433 e. The quantitative estimate of drug-likeness (QED) is 0.765. The van der Waals surface area contributed by atoms with Crippen molar-refractivity contribution < 1.29 is 13.2 Å². The van der Waals surface area contributed by atoms with Gasteiger partial charge in [0.15, 0.2) is 5.82 Å². The highest BCUT2D eigenvalue weighted by Gasteiger charge is 2.32. The van der Waals surface area contributed by atoms with Crippen LogP contribution in [0, 0.1) is 0 Å². The van der Waals surface area contributed by atoms with E-state index in [1.54, 1.807) is 0 Å². The summed E-state index contributed by atoms with van der Waals surface area (Å²) in [6.07, 6.45) is -3.45. The highest BCUT2D eigenvalue weighted by atomic mass is 19.4. The molecule has 0 atom stereocenters. The van der Waals surface area contributed by atoms with Crippen LogP contribution in [0.15, 0.2) is 30.5 Å². The first-order valence-electron chi connectivity index (χ1n) is 4.93. The van der Waals surface area contributed by atoms with Crippen LogP contribution in [0.5, 0.6) is 0 Å². The van der Waals surface area contributed by atoms with E-state index in [1.807, 2.05) is 0 Å². The molecule has 0 saturated heterocycles. The molecule has 2 aromatic rings. The van der Waals surface area contributed by atoms with Gasteiger partial charge in [0.25, 0.3) is 0 Å². The molecular formula is C11H9F3N4. The average molecular weight is 254 g/mol. The summed E-state index contributed by atoms with van der Waals surface area (Å²) in [5.74, 6) is -0.0449. The number of anilines is 2. The van der Waals surface area contributed by atoms with Gasteiger partial charge >= 0.3 is 6.18 Å². The Morgan fingerprint density at radius 1 is 1.00 bits per heavy atom. The van der Waals surface area contributed by atoms with Crippen LogP contribution < -0.4 is 11.5 Å². The number of hydrogen-bond acceptors (Lipinski definition) is 4. The fraction of sp³-hybridized carbons (Fsp3) is 0.0909. The van der Waals surface area contributed by atoms with E-state index < -0.39 is 11.9 Å². The molecule has 0 unspecified atom stereocenters. The van der Waals surface area contributed by atoms with Gasteiger partial charge < -0.3 is 11.5 Å². The van der Waals surface area contributed by atoms with E-state index in [1.165, 1.54) is 18.2 Å². The maximum atomic E-state index is 12.5. The number of aromatic nitrogens is 2. The molecule has 0 aliphatic carbocycles. The zero-order chi connectivity index (χ0) is 13.3. The molecular weight excluding hydrogens is 245 g/mol. The predicted octanol–water partition coefficient (Wildman–Crippen LogP) is 2.33. The van der Waals surface area contributed by atoms with Gasteiger partial charge in [0.2, 0.25) is 0 Å². The van der Waals surface area contributed by atoms with Crippen molar-refractivity contribution in [2.24, 2.45) is 0 Å². The first-order valence-corrected chi connectivity index (χ1v) is 4.93. The van der Waals surface area contributed by atoms with Crippen molar-refractivity contribution >= 4 is 11.4 Å². The third kappa shape index (κ3) is 2.34. The van der Waals surface area contributed by atoms with Gasteiger partial charge in [0.1, 0.15) is 5.69 Å². The van der Waals surface area contributed by atoms with Crippen molar-refractivity contribution in [2.45, 2.75) is 6.18 Å². The molecule has 2 rings (SSSR count). The van der Waals surface area contributed by atoms with Crippen LogP contribution >= 0.6 is 0 Å². The van der Waals surface area contributed by atoms with Crippen LogP contribution in [0.2, 0.25) is 0 Å². The van der Waals surface area contributed by atoms with E-state index in [9.17, 15) is 13.2 Å². The van der Waals surface area contributed by atoms with Crippen molar-refractivity contribution in [1.82, 2.24) is 9.97 Å². The summed E-state index contributed by atoms with van der Waals surface area (Å²) in [4.78, 5) is 7.24. The minimum atomic E-state index is -4.50. The lowest BCUT2D eigenvalue weighted by atomic mass is 10.1. The van der Waals surface area contributed by atoms with E-state index >= 15 is 0 Å². The second-order valence-electron chi connectivity index (χ2n) is 3.61. The smallest absolute Gasteiger partial charge is 0.397 e. The number of hydrogen-bond donors (Lipinski definition) is 2. The Morgan fingerprint density at radius 3 is 2.33 bits per heavy atom. The number of nitrogens with two attached hydrogens (primary N) is 2. The molecule has 0 saturated carbocycles. The summed E-state index contributed by atoms with van der Waals surface area (Å²) in [6.45, 7) is 0. The van der Waals surface area contributed by atoms with Gasteiger partial charge in [-0.3, -0.25) is 0 Å². The lowest BCUT2D eigenvalue weighted by Gasteiger charge is -2.08. The monoisotopic (exact) mass is 254 g/mol. The van der Waals surface area contributed by atoms with Crippen LogP contribution in [0.1, 0.15) is 5.69 Å². The van der Waals surface area contributed by atoms with Crippen molar-refractivity contribution in [1.29, 1.82) is 0 Å². The first kappa shape index (κ1) is 12.2. The van der Waals surface area contributed by atoms with E-state index in [0.29, 0.717) is 11.3 Å². The van der Waals surface area contributed by atoms with E-state index in [4.69, 9.17) is 11.5 Å². The van der Waals surface area contributed by atoms with E-state index in [0.717, 1.165) is 12.3 Å². The third-order valence-electron chi connectivity index (χ3n) is 2.29. The molecule has 0 fully saturated rings. The standard InChI is InChI=1S/C11H9F3N4/c12-11(13,14)9-3-4-17-10(18-9)6-1-2-7(15)8(16)5-6/h1-5H,15-16H2. The first-order chi connectivity index (χ1) is 8.38. The summed E-state index contributed by atoms with van der Waals surface area (Å²) < 4.78 is 37.5. The minimum Gasteiger partial charge on any atom is -0.397 e. The Morgan fingerprint density at radius 2 is 1.72 bits per heavy atom. The summed E-state index contributed by atoms with van der Waals surface area (Å²) in [7, 11) is 0. The average Bonchev–Trinajstić information content (AvgIpc) is 2.32. The molecule has 0 amide bonds. The van der Waals surface area contributed by atoms with Crippen LogP contribution in [0.25, 0.3) is 11.4 Å². The maximum Gasteiger partial charge on any atom is 0.433 e. The van der Waals surface area contributed by atoms with Gasteiger partial charge in [-0.05, 0) is 24.3 Å². The van der Waals surface area contributed by atoms with Crippen LogP contribution in [0.4, 0.5) is 24.5 Å². The van der Waals surface area contributed by atoms with Crippen molar-refractivity contribution in [3.63, 3.8) is 0 Å². The van der Waals surface area contributed by atoms with Gasteiger partial charge in [0, 0.05) is 11.8 Å². The summed E-state index contributed by atoms with van der Waals surface area (Å²) in [6, 6.07) is 5.25. The zero-order valence-corrected chi connectivity index (χ0v) is 9.07. The highest BCUT2D eigenvalue weighted by Crippen LogP contribution is 2.29. The van der Waals surface area contributed by atoms with Gasteiger partial charge in [-0.15, -0.1) is 0 Å². The fourth-order valence-corrected chi connectivity index (χ4v) is 1.37. The lowest BCUT2D eigenvalue weighted by Crippen LogP contribution is -2.09. The van der Waals surface area contributed by atoms with Crippen LogP contribution in [-0.4, -0.2) is 9.97 Å². The fourth-order valence-electron chi connectivity index (χ4n) is 1.37. The second-order valence-corrected chi connectivity index (χ2v) is 3.61. The van der Waals surface area contributed by atoms with Crippen LogP contribution in [-0.2, 0) is 6.18 Å². The molecule has 0 aliphatic heterocycles. The second kappa shape index (κ2) is 4.17. The van der Waals surface area contributed by atoms with Gasteiger partial charge in [-0.1, -0.05) is 0 Å². The van der Waals surface area contributed by atoms with Crippen LogP contribution in [0.3, 0.4) is 0 Å². The zero-order valence-electron chi connectivity index (χ0n) is 9.07. The Bertz CT molecular complexity index is 581. The topological polar surface area (TPSA) is 77.8 Å². The Kier molecular flexibility index (Phi) is 2.82. The molecule has 0 aliphatic rings. The summed E-state index contributed by atoms with van der Waals surface area (Å²) in [5, 5.41) is 0. The highest BCUT2D eigenvalue weighted by molar-refractivity contribution is 5.71. The lowest BCUT2D eigenvalue weighted by molar-refractivity contribution is -0.141. The molecule has 4 N–H and O–H groups in total. The SMILES string of the molecule is Nc1ccc(-c2nccc(C(F)(F)F)n2)cc1N. The van der Waals surface area contributed by atoms with Gasteiger partial charge in [-0.2, -0.15) is 13.2 Å². The summed E-state index contributed by atoms with van der Waals surface area (Å²) in [5.41, 5.74) is 11.1. The van der Waals surface area contributed by atoms with E-state index in [-0.39, 0.29) is 11.5 Å². The number of nitrogen functional groups attached to an aromatic ring is 2. The number of nitrogens with zero attached hydrogens (tertiary/aromatic N) is 2. The molecule has 18 heavy (non-hydrogen) atoms. The molecule has 1 aromatic heterocycles. The molecule has 0 bridgehead atoms. The molecule has 94 valence electrons.